The fourth-order valence-electron chi connectivity index (χ4n) is 3.45. The second-order valence-corrected chi connectivity index (χ2v) is 8.01. The van der Waals surface area contributed by atoms with Crippen LogP contribution in [0.5, 0.6) is 17.2 Å². The van der Waals surface area contributed by atoms with Crippen LogP contribution in [0.25, 0.3) is 10.9 Å². The number of methoxy groups -OCH3 is 3. The third-order valence-corrected chi connectivity index (χ3v) is 3.86. The van der Waals surface area contributed by atoms with E-state index in [0.717, 1.165) is 17.6 Å². The molecule has 1 heterocycles. The molecule has 0 bridgehead atoms. The largest absolute Gasteiger partial charge is 0.493 e. The van der Waals surface area contributed by atoms with Gasteiger partial charge in [-0.1, -0.05) is 20.8 Å². The lowest BCUT2D eigenvalue weighted by molar-refractivity contribution is 0.302. The summed E-state index contributed by atoms with van der Waals surface area (Å²) in [5.41, 5.74) is 0.738. The van der Waals surface area contributed by atoms with Gasteiger partial charge in [0.1, 0.15) is 17.7 Å². The van der Waals surface area contributed by atoms with Gasteiger partial charge in [0.15, 0.2) is 11.5 Å². The first-order valence-corrected chi connectivity index (χ1v) is 8.34. The van der Waals surface area contributed by atoms with Crippen LogP contribution in [0.15, 0.2) is 12.4 Å². The molecule has 2 rings (SSSR count). The first kappa shape index (κ1) is 19.1. The highest BCUT2D eigenvalue weighted by molar-refractivity contribution is 5.96. The molecule has 0 spiro atoms. The van der Waals surface area contributed by atoms with Gasteiger partial charge in [-0.25, -0.2) is 9.97 Å². The SMILES string of the molecule is COc1cc2c(NC(C)(C)CC(C)(C)C)ncnc2c(OC)c1OC. The number of hydrogen-bond donors (Lipinski definition) is 1. The molecular formula is C19H29N3O3. The Labute approximate surface area is 149 Å². The molecule has 0 aliphatic carbocycles. The van der Waals surface area contributed by atoms with Crippen molar-refractivity contribution in [3.63, 3.8) is 0 Å². The van der Waals surface area contributed by atoms with Crippen molar-refractivity contribution in [3.8, 4) is 17.2 Å². The lowest BCUT2D eigenvalue weighted by Gasteiger charge is -2.34. The summed E-state index contributed by atoms with van der Waals surface area (Å²) < 4.78 is 16.4. The van der Waals surface area contributed by atoms with Crippen LogP contribution in [-0.2, 0) is 0 Å². The van der Waals surface area contributed by atoms with Crippen LogP contribution in [0.3, 0.4) is 0 Å². The summed E-state index contributed by atoms with van der Waals surface area (Å²) in [6, 6.07) is 1.88. The molecule has 0 radical (unpaired) electrons. The summed E-state index contributed by atoms with van der Waals surface area (Å²) in [5.74, 6) is 2.39. The molecule has 2 aromatic rings. The zero-order chi connectivity index (χ0) is 18.8. The summed E-state index contributed by atoms with van der Waals surface area (Å²) in [7, 11) is 4.78. The second-order valence-electron chi connectivity index (χ2n) is 8.01. The Hall–Kier alpha value is -2.24. The number of aromatic nitrogens is 2. The number of rotatable bonds is 6. The number of benzene rings is 1. The number of nitrogens with one attached hydrogen (secondary N) is 1. The van der Waals surface area contributed by atoms with Crippen molar-refractivity contribution in [2.75, 3.05) is 26.6 Å². The van der Waals surface area contributed by atoms with Crippen LogP contribution >= 0.6 is 0 Å². The van der Waals surface area contributed by atoms with Crippen molar-refractivity contribution in [1.82, 2.24) is 9.97 Å². The maximum Gasteiger partial charge on any atom is 0.205 e. The molecule has 0 fully saturated rings. The Morgan fingerprint density at radius 3 is 2.08 bits per heavy atom. The van der Waals surface area contributed by atoms with E-state index in [0.29, 0.717) is 22.8 Å². The summed E-state index contributed by atoms with van der Waals surface area (Å²) in [6.07, 6.45) is 2.52. The molecule has 0 saturated carbocycles. The first-order chi connectivity index (χ1) is 11.6. The van der Waals surface area contributed by atoms with Gasteiger partial charge in [-0.05, 0) is 31.7 Å². The summed E-state index contributed by atoms with van der Waals surface area (Å²) in [5, 5.41) is 4.39. The fraction of sp³-hybridized carbons (Fsp3) is 0.579. The van der Waals surface area contributed by atoms with Gasteiger partial charge in [0, 0.05) is 5.54 Å². The standard InChI is InChI=1S/C19H29N3O3/c1-18(2,3)10-19(4,5)22-17-12-9-13(23-6)15(24-7)16(25-8)14(12)20-11-21-17/h9,11H,10H2,1-8H3,(H,20,21,22). The van der Waals surface area contributed by atoms with Gasteiger partial charge in [0.2, 0.25) is 5.75 Å². The van der Waals surface area contributed by atoms with E-state index < -0.39 is 0 Å². The molecule has 0 aliphatic rings. The van der Waals surface area contributed by atoms with E-state index in [-0.39, 0.29) is 11.0 Å². The molecular weight excluding hydrogens is 318 g/mol. The molecule has 6 nitrogen and oxygen atoms in total. The predicted molar refractivity (Wildman–Crippen MR) is 101 cm³/mol. The van der Waals surface area contributed by atoms with Crippen LogP contribution in [0, 0.1) is 5.41 Å². The van der Waals surface area contributed by atoms with Crippen molar-refractivity contribution in [2.45, 2.75) is 46.6 Å². The van der Waals surface area contributed by atoms with E-state index in [1.807, 2.05) is 6.07 Å². The number of fused-ring (bicyclic) bond motifs is 1. The lowest BCUT2D eigenvalue weighted by atomic mass is 9.82. The smallest absolute Gasteiger partial charge is 0.205 e. The van der Waals surface area contributed by atoms with Crippen molar-refractivity contribution in [2.24, 2.45) is 5.41 Å². The van der Waals surface area contributed by atoms with Crippen LogP contribution in [-0.4, -0.2) is 36.8 Å². The van der Waals surface area contributed by atoms with Gasteiger partial charge in [-0.15, -0.1) is 0 Å². The zero-order valence-electron chi connectivity index (χ0n) is 16.5. The van der Waals surface area contributed by atoms with Crippen molar-refractivity contribution >= 4 is 16.7 Å². The molecule has 1 aromatic heterocycles. The number of nitrogens with zero attached hydrogens (tertiary/aromatic N) is 2. The highest BCUT2D eigenvalue weighted by Crippen LogP contribution is 2.44. The summed E-state index contributed by atoms with van der Waals surface area (Å²) >= 11 is 0. The molecule has 6 heteroatoms. The Bertz CT molecular complexity index is 752. The van der Waals surface area contributed by atoms with E-state index in [9.17, 15) is 0 Å². The van der Waals surface area contributed by atoms with Crippen LogP contribution in [0.1, 0.15) is 41.0 Å². The molecule has 0 amide bonds. The van der Waals surface area contributed by atoms with Gasteiger partial charge < -0.3 is 19.5 Å². The van der Waals surface area contributed by atoms with Crippen molar-refractivity contribution < 1.29 is 14.2 Å². The fourth-order valence-corrected chi connectivity index (χ4v) is 3.45. The van der Waals surface area contributed by atoms with E-state index in [1.54, 1.807) is 21.3 Å². The van der Waals surface area contributed by atoms with E-state index in [1.165, 1.54) is 6.33 Å². The van der Waals surface area contributed by atoms with Gasteiger partial charge >= 0.3 is 0 Å². The number of ether oxygens (including phenoxy) is 3. The minimum atomic E-state index is -0.139. The topological polar surface area (TPSA) is 65.5 Å². The zero-order valence-corrected chi connectivity index (χ0v) is 16.5. The minimum absolute atomic E-state index is 0.139. The second kappa shape index (κ2) is 6.94. The quantitative estimate of drug-likeness (QED) is 0.841. The van der Waals surface area contributed by atoms with Crippen LogP contribution in [0.2, 0.25) is 0 Å². The Morgan fingerprint density at radius 2 is 1.56 bits per heavy atom. The van der Waals surface area contributed by atoms with Crippen molar-refractivity contribution in [1.29, 1.82) is 0 Å². The van der Waals surface area contributed by atoms with Gasteiger partial charge in [-0.3, -0.25) is 0 Å². The third kappa shape index (κ3) is 4.24. The maximum atomic E-state index is 5.53. The summed E-state index contributed by atoms with van der Waals surface area (Å²) in [6.45, 7) is 11.0. The first-order valence-electron chi connectivity index (χ1n) is 8.34. The van der Waals surface area contributed by atoms with Crippen LogP contribution < -0.4 is 19.5 Å². The maximum absolute atomic E-state index is 5.53. The number of anilines is 1. The monoisotopic (exact) mass is 347 g/mol. The van der Waals surface area contributed by atoms with Gasteiger partial charge in [0.05, 0.1) is 26.7 Å². The Morgan fingerprint density at radius 1 is 0.920 bits per heavy atom. The summed E-state index contributed by atoms with van der Waals surface area (Å²) in [4.78, 5) is 8.84. The third-order valence-electron chi connectivity index (χ3n) is 3.86. The molecule has 0 unspecified atom stereocenters. The van der Waals surface area contributed by atoms with Crippen LogP contribution in [0.4, 0.5) is 5.82 Å². The Balaban J connectivity index is 2.59. The normalized spacial score (nSPS) is 12.2. The van der Waals surface area contributed by atoms with Crippen molar-refractivity contribution in [3.05, 3.63) is 12.4 Å². The predicted octanol–water partition coefficient (Wildman–Crippen LogP) is 4.28. The average molecular weight is 347 g/mol. The number of hydrogen-bond acceptors (Lipinski definition) is 6. The van der Waals surface area contributed by atoms with E-state index in [4.69, 9.17) is 14.2 Å². The van der Waals surface area contributed by atoms with Gasteiger partial charge in [-0.2, -0.15) is 0 Å². The van der Waals surface area contributed by atoms with E-state index >= 15 is 0 Å². The highest BCUT2D eigenvalue weighted by Gasteiger charge is 2.27. The highest BCUT2D eigenvalue weighted by atomic mass is 16.5. The van der Waals surface area contributed by atoms with E-state index in [2.05, 4.69) is 49.9 Å². The minimum Gasteiger partial charge on any atom is -0.493 e. The molecule has 0 saturated heterocycles. The molecule has 0 aliphatic heterocycles. The molecule has 1 aromatic carbocycles. The van der Waals surface area contributed by atoms with Gasteiger partial charge in [0.25, 0.3) is 0 Å². The molecule has 138 valence electrons. The lowest BCUT2D eigenvalue weighted by Crippen LogP contribution is -2.35. The molecule has 25 heavy (non-hydrogen) atoms. The Kier molecular flexibility index (Phi) is 5.30. The average Bonchev–Trinajstić information content (AvgIpc) is 2.50. The molecule has 1 N–H and O–H groups in total. The molecule has 0 atom stereocenters.